The van der Waals surface area contributed by atoms with Crippen LogP contribution in [0.5, 0.6) is 0 Å². The molecule has 0 atom stereocenters. The van der Waals surface area contributed by atoms with Crippen LogP contribution < -0.4 is 10.6 Å². The molecular formula is C9H16N2O4. The molecule has 6 nitrogen and oxygen atoms in total. The van der Waals surface area contributed by atoms with Gasteiger partial charge in [0.2, 0.25) is 5.91 Å². The number of nitrogens with one attached hydrogen (secondary N) is 2. The Balaban J connectivity index is 2.09. The number of amides is 1. The van der Waals surface area contributed by atoms with Gasteiger partial charge in [-0.2, -0.15) is 0 Å². The highest BCUT2D eigenvalue weighted by Gasteiger charge is 2.15. The van der Waals surface area contributed by atoms with Crippen LogP contribution in [0.3, 0.4) is 0 Å². The molecule has 86 valence electrons. The van der Waals surface area contributed by atoms with Crippen LogP contribution in [-0.2, 0) is 14.3 Å². The van der Waals surface area contributed by atoms with Crippen molar-refractivity contribution in [1.29, 1.82) is 0 Å². The molecule has 0 aromatic carbocycles. The highest BCUT2D eigenvalue weighted by atomic mass is 16.5. The van der Waals surface area contributed by atoms with E-state index in [0.717, 1.165) is 12.8 Å². The normalized spacial score (nSPS) is 17.3. The summed E-state index contributed by atoms with van der Waals surface area (Å²) >= 11 is 0. The number of carbonyl (C=O) groups excluding carboxylic acids is 1. The number of aliphatic carboxylic acids is 1. The van der Waals surface area contributed by atoms with Crippen LogP contribution in [0.15, 0.2) is 0 Å². The minimum absolute atomic E-state index is 0.0453. The molecule has 0 saturated carbocycles. The zero-order valence-corrected chi connectivity index (χ0v) is 8.49. The zero-order valence-electron chi connectivity index (χ0n) is 8.49. The van der Waals surface area contributed by atoms with Crippen molar-refractivity contribution in [1.82, 2.24) is 10.6 Å². The molecule has 0 unspecified atom stereocenters. The summed E-state index contributed by atoms with van der Waals surface area (Å²) in [4.78, 5) is 21.4. The van der Waals surface area contributed by atoms with Crippen molar-refractivity contribution in [2.45, 2.75) is 18.9 Å². The summed E-state index contributed by atoms with van der Waals surface area (Å²) < 4.78 is 5.15. The second-order valence-corrected chi connectivity index (χ2v) is 3.45. The largest absolute Gasteiger partial charge is 0.480 e. The molecule has 1 saturated heterocycles. The van der Waals surface area contributed by atoms with Crippen molar-refractivity contribution in [3.05, 3.63) is 0 Å². The molecule has 15 heavy (non-hydrogen) atoms. The maximum atomic E-state index is 11.3. The lowest BCUT2D eigenvalue weighted by Crippen LogP contribution is -2.43. The van der Waals surface area contributed by atoms with E-state index >= 15 is 0 Å². The molecule has 0 aliphatic carbocycles. The number of carbonyl (C=O) groups is 2. The standard InChI is InChI=1S/C9H16N2O4/c12-8(5-10-6-9(13)14)11-7-1-3-15-4-2-7/h7,10H,1-6H2,(H,11,12)(H,13,14). The lowest BCUT2D eigenvalue weighted by Gasteiger charge is -2.23. The summed E-state index contributed by atoms with van der Waals surface area (Å²) in [6, 6.07) is 0.165. The average molecular weight is 216 g/mol. The molecule has 0 radical (unpaired) electrons. The van der Waals surface area contributed by atoms with Gasteiger partial charge in [-0.1, -0.05) is 0 Å². The third-order valence-corrected chi connectivity index (χ3v) is 2.15. The Kier molecular flexibility index (Phi) is 5.06. The summed E-state index contributed by atoms with van der Waals surface area (Å²) in [7, 11) is 0. The van der Waals surface area contributed by atoms with Gasteiger partial charge in [0.15, 0.2) is 0 Å². The second-order valence-electron chi connectivity index (χ2n) is 3.45. The van der Waals surface area contributed by atoms with Crippen molar-refractivity contribution in [2.75, 3.05) is 26.3 Å². The number of carboxylic acid groups (broad SMARTS) is 1. The molecule has 0 aromatic rings. The lowest BCUT2D eigenvalue weighted by molar-refractivity contribution is -0.136. The topological polar surface area (TPSA) is 87.7 Å². The van der Waals surface area contributed by atoms with Crippen LogP contribution in [-0.4, -0.2) is 49.3 Å². The van der Waals surface area contributed by atoms with E-state index in [0.29, 0.717) is 13.2 Å². The maximum Gasteiger partial charge on any atom is 0.317 e. The number of hydrogen-bond acceptors (Lipinski definition) is 4. The van der Waals surface area contributed by atoms with Gasteiger partial charge in [-0.25, -0.2) is 0 Å². The summed E-state index contributed by atoms with van der Waals surface area (Å²) in [6.45, 7) is 1.20. The van der Waals surface area contributed by atoms with Gasteiger partial charge >= 0.3 is 5.97 Å². The summed E-state index contributed by atoms with van der Waals surface area (Å²) in [5, 5.41) is 13.7. The van der Waals surface area contributed by atoms with E-state index in [1.165, 1.54) is 0 Å². The van der Waals surface area contributed by atoms with Gasteiger partial charge in [-0.05, 0) is 12.8 Å². The average Bonchev–Trinajstić information content (AvgIpc) is 2.18. The van der Waals surface area contributed by atoms with Crippen LogP contribution in [0.1, 0.15) is 12.8 Å². The summed E-state index contributed by atoms with van der Waals surface area (Å²) in [6.07, 6.45) is 1.65. The Morgan fingerprint density at radius 3 is 2.53 bits per heavy atom. The first-order valence-corrected chi connectivity index (χ1v) is 4.98. The fourth-order valence-corrected chi connectivity index (χ4v) is 1.40. The van der Waals surface area contributed by atoms with Crippen molar-refractivity contribution in [3.63, 3.8) is 0 Å². The van der Waals surface area contributed by atoms with E-state index in [-0.39, 0.29) is 25.0 Å². The number of carboxylic acids is 1. The second kappa shape index (κ2) is 6.36. The van der Waals surface area contributed by atoms with Crippen molar-refractivity contribution in [3.8, 4) is 0 Å². The first-order valence-electron chi connectivity index (χ1n) is 4.98. The predicted molar refractivity (Wildman–Crippen MR) is 52.5 cm³/mol. The first-order chi connectivity index (χ1) is 7.18. The molecule has 1 heterocycles. The SMILES string of the molecule is O=C(O)CNCC(=O)NC1CCOCC1. The third-order valence-electron chi connectivity index (χ3n) is 2.15. The minimum atomic E-state index is -0.964. The summed E-state index contributed by atoms with van der Waals surface area (Å²) in [5.41, 5.74) is 0. The zero-order chi connectivity index (χ0) is 11.1. The monoisotopic (exact) mass is 216 g/mol. The molecule has 6 heteroatoms. The molecular weight excluding hydrogens is 200 g/mol. The molecule has 3 N–H and O–H groups in total. The Labute approximate surface area is 88.0 Å². The summed E-state index contributed by atoms with van der Waals surface area (Å²) in [5.74, 6) is -1.13. The Morgan fingerprint density at radius 1 is 1.27 bits per heavy atom. The van der Waals surface area contributed by atoms with Crippen LogP contribution in [0.4, 0.5) is 0 Å². The molecule has 1 aliphatic rings. The molecule has 0 bridgehead atoms. The predicted octanol–water partition coefficient (Wildman–Crippen LogP) is -1.04. The Hall–Kier alpha value is -1.14. The maximum absolute atomic E-state index is 11.3. The van der Waals surface area contributed by atoms with Gasteiger partial charge in [0.25, 0.3) is 0 Å². The molecule has 1 fully saturated rings. The van der Waals surface area contributed by atoms with Crippen LogP contribution in [0.2, 0.25) is 0 Å². The highest BCUT2D eigenvalue weighted by Crippen LogP contribution is 2.05. The van der Waals surface area contributed by atoms with Gasteiger partial charge in [-0.3, -0.25) is 14.9 Å². The molecule has 1 rings (SSSR count). The van der Waals surface area contributed by atoms with E-state index in [2.05, 4.69) is 10.6 Å². The van der Waals surface area contributed by atoms with Crippen molar-refractivity contribution >= 4 is 11.9 Å². The smallest absolute Gasteiger partial charge is 0.317 e. The van der Waals surface area contributed by atoms with Crippen LogP contribution in [0, 0.1) is 0 Å². The van der Waals surface area contributed by atoms with E-state index in [1.54, 1.807) is 0 Å². The molecule has 0 aromatic heterocycles. The van der Waals surface area contributed by atoms with E-state index in [1.807, 2.05) is 0 Å². The molecule has 1 amide bonds. The van der Waals surface area contributed by atoms with E-state index in [4.69, 9.17) is 9.84 Å². The van der Waals surface area contributed by atoms with Crippen molar-refractivity contribution < 1.29 is 19.4 Å². The molecule has 1 aliphatic heterocycles. The minimum Gasteiger partial charge on any atom is -0.480 e. The van der Waals surface area contributed by atoms with Gasteiger partial charge in [0, 0.05) is 19.3 Å². The number of rotatable bonds is 5. The van der Waals surface area contributed by atoms with Crippen LogP contribution >= 0.6 is 0 Å². The fraction of sp³-hybridized carbons (Fsp3) is 0.778. The first kappa shape index (κ1) is 11.9. The Morgan fingerprint density at radius 2 is 1.93 bits per heavy atom. The fourth-order valence-electron chi connectivity index (χ4n) is 1.40. The van der Waals surface area contributed by atoms with Gasteiger partial charge in [0.05, 0.1) is 13.1 Å². The molecule has 0 spiro atoms. The third kappa shape index (κ3) is 5.34. The number of hydrogen-bond donors (Lipinski definition) is 3. The van der Waals surface area contributed by atoms with Crippen LogP contribution in [0.25, 0.3) is 0 Å². The lowest BCUT2D eigenvalue weighted by atomic mass is 10.1. The highest BCUT2D eigenvalue weighted by molar-refractivity contribution is 5.79. The van der Waals surface area contributed by atoms with Gasteiger partial charge in [0.1, 0.15) is 0 Å². The number of ether oxygens (including phenoxy) is 1. The van der Waals surface area contributed by atoms with Gasteiger partial charge in [-0.15, -0.1) is 0 Å². The van der Waals surface area contributed by atoms with E-state index < -0.39 is 5.97 Å². The van der Waals surface area contributed by atoms with E-state index in [9.17, 15) is 9.59 Å². The quantitative estimate of drug-likeness (QED) is 0.546. The van der Waals surface area contributed by atoms with Crippen molar-refractivity contribution in [2.24, 2.45) is 0 Å². The Bertz CT molecular complexity index is 226. The van der Waals surface area contributed by atoms with Gasteiger partial charge < -0.3 is 15.2 Å².